The Hall–Kier alpha value is -2.96. The fourth-order valence-corrected chi connectivity index (χ4v) is 2.15. The van der Waals surface area contributed by atoms with Gasteiger partial charge in [0, 0.05) is 25.6 Å². The van der Waals surface area contributed by atoms with Crippen molar-refractivity contribution in [2.45, 2.75) is 13.8 Å². The number of carbonyl (C=O) groups excluding carboxylic acids is 3. The van der Waals surface area contributed by atoms with Crippen molar-refractivity contribution in [1.82, 2.24) is 4.57 Å². The molecule has 1 heterocycles. The predicted octanol–water partition coefficient (Wildman–Crippen LogP) is 2.67. The topological polar surface area (TPSA) is 74.6 Å². The maximum atomic E-state index is 14.1. The molecule has 0 fully saturated rings. The van der Waals surface area contributed by atoms with E-state index in [4.69, 9.17) is 4.74 Å². The van der Waals surface area contributed by atoms with Crippen LogP contribution in [0.15, 0.2) is 30.5 Å². The lowest BCUT2D eigenvalue weighted by Crippen LogP contribution is -2.09. The lowest BCUT2D eigenvalue weighted by atomic mass is 10.1. The largest absolute Gasteiger partial charge is 0.465 e. The molecule has 0 N–H and O–H groups in total. The number of ether oxygens (including phenoxy) is 2. The van der Waals surface area contributed by atoms with Gasteiger partial charge in [-0.25, -0.2) is 9.18 Å². The van der Waals surface area contributed by atoms with Gasteiger partial charge in [0.05, 0.1) is 7.11 Å². The molecule has 0 radical (unpaired) electrons. The van der Waals surface area contributed by atoms with Gasteiger partial charge >= 0.3 is 11.9 Å². The van der Waals surface area contributed by atoms with E-state index in [1.54, 1.807) is 6.07 Å². The van der Waals surface area contributed by atoms with Crippen molar-refractivity contribution >= 4 is 17.8 Å². The van der Waals surface area contributed by atoms with Gasteiger partial charge in [-0.3, -0.25) is 14.2 Å². The van der Waals surface area contributed by atoms with Gasteiger partial charge in [0.1, 0.15) is 17.1 Å². The third-order valence-corrected chi connectivity index (χ3v) is 3.08. The summed E-state index contributed by atoms with van der Waals surface area (Å²) in [5.41, 5.74) is -0.142. The predicted molar refractivity (Wildman–Crippen MR) is 78.8 cm³/mol. The summed E-state index contributed by atoms with van der Waals surface area (Å²) < 4.78 is 24.9. The average Bonchev–Trinajstić information content (AvgIpc) is 2.85. The van der Waals surface area contributed by atoms with Crippen molar-refractivity contribution in [2.24, 2.45) is 0 Å². The maximum Gasteiger partial charge on any atom is 0.343 e. The fourth-order valence-electron chi connectivity index (χ4n) is 2.15. The average molecular weight is 319 g/mol. The minimum Gasteiger partial charge on any atom is -0.465 e. The smallest absolute Gasteiger partial charge is 0.343 e. The van der Waals surface area contributed by atoms with Gasteiger partial charge in [-0.2, -0.15) is 0 Å². The minimum absolute atomic E-state index is 0.0220. The molecule has 2 aromatic rings. The van der Waals surface area contributed by atoms with Crippen LogP contribution in [0.5, 0.6) is 5.75 Å². The molecule has 0 bridgehead atoms. The summed E-state index contributed by atoms with van der Waals surface area (Å²) in [4.78, 5) is 35.1. The number of rotatable bonds is 3. The number of aromatic nitrogens is 1. The van der Waals surface area contributed by atoms with Crippen LogP contribution in [0.2, 0.25) is 0 Å². The first kappa shape index (κ1) is 16.4. The molecule has 7 heteroatoms. The van der Waals surface area contributed by atoms with Gasteiger partial charge < -0.3 is 9.47 Å². The zero-order valence-corrected chi connectivity index (χ0v) is 12.8. The van der Waals surface area contributed by atoms with Gasteiger partial charge in [-0.05, 0) is 12.1 Å². The molecule has 6 nitrogen and oxygen atoms in total. The van der Waals surface area contributed by atoms with Crippen molar-refractivity contribution in [3.63, 3.8) is 0 Å². The number of methoxy groups -OCH3 is 1. The molecule has 23 heavy (non-hydrogen) atoms. The summed E-state index contributed by atoms with van der Waals surface area (Å²) >= 11 is 0. The highest BCUT2D eigenvalue weighted by atomic mass is 19.1. The summed E-state index contributed by atoms with van der Waals surface area (Å²) in [6, 6.07) is 5.65. The molecule has 0 saturated carbocycles. The molecule has 0 spiro atoms. The number of benzene rings is 1. The molecule has 0 amide bonds. The van der Waals surface area contributed by atoms with Gasteiger partial charge in [-0.15, -0.1) is 0 Å². The van der Waals surface area contributed by atoms with E-state index in [1.165, 1.54) is 25.1 Å². The van der Waals surface area contributed by atoms with Crippen LogP contribution in [0.25, 0.3) is 11.3 Å². The molecule has 0 aliphatic carbocycles. The molecule has 0 aliphatic rings. The molecular weight excluding hydrogens is 305 g/mol. The standard InChI is InChI=1S/C16H14FNO5/c1-9(19)18-8-12(16(21)22-3)15(23-10(2)20)14(18)11-6-4-5-7-13(11)17/h4-8H,1-3H3. The maximum absolute atomic E-state index is 14.1. The van der Waals surface area contributed by atoms with E-state index in [0.29, 0.717) is 0 Å². The number of nitrogens with zero attached hydrogens (tertiary/aromatic N) is 1. The van der Waals surface area contributed by atoms with Crippen LogP contribution in [0.3, 0.4) is 0 Å². The lowest BCUT2D eigenvalue weighted by Gasteiger charge is -2.10. The van der Waals surface area contributed by atoms with E-state index < -0.39 is 23.7 Å². The number of halogens is 1. The zero-order valence-electron chi connectivity index (χ0n) is 12.8. The molecule has 0 atom stereocenters. The first-order chi connectivity index (χ1) is 10.9. The van der Waals surface area contributed by atoms with Crippen molar-refractivity contribution in [3.8, 4) is 17.0 Å². The zero-order chi connectivity index (χ0) is 17.1. The van der Waals surface area contributed by atoms with Gasteiger partial charge in [0.25, 0.3) is 0 Å². The first-order valence-corrected chi connectivity index (χ1v) is 6.64. The van der Waals surface area contributed by atoms with E-state index in [9.17, 15) is 18.8 Å². The first-order valence-electron chi connectivity index (χ1n) is 6.64. The second kappa shape index (κ2) is 6.43. The second-order valence-corrected chi connectivity index (χ2v) is 4.67. The Morgan fingerprint density at radius 2 is 1.78 bits per heavy atom. The Balaban J connectivity index is 2.83. The molecule has 0 unspecified atom stereocenters. The molecular formula is C16H14FNO5. The number of esters is 2. The highest BCUT2D eigenvalue weighted by molar-refractivity contribution is 5.99. The number of carbonyl (C=O) groups is 3. The summed E-state index contributed by atoms with van der Waals surface area (Å²) in [5, 5.41) is 0. The van der Waals surface area contributed by atoms with Crippen molar-refractivity contribution in [2.75, 3.05) is 7.11 Å². The van der Waals surface area contributed by atoms with Crippen LogP contribution in [-0.4, -0.2) is 29.5 Å². The quantitative estimate of drug-likeness (QED) is 0.813. The molecule has 1 aromatic heterocycles. The summed E-state index contributed by atoms with van der Waals surface area (Å²) in [6.45, 7) is 2.38. The number of hydrogen-bond acceptors (Lipinski definition) is 5. The Bertz CT molecular complexity index is 794. The Morgan fingerprint density at radius 3 is 2.30 bits per heavy atom. The highest BCUT2D eigenvalue weighted by Crippen LogP contribution is 2.37. The SMILES string of the molecule is COC(=O)c1cn(C(C)=O)c(-c2ccccc2F)c1OC(C)=O. The molecule has 1 aromatic carbocycles. The van der Waals surface area contributed by atoms with Gasteiger partial charge in [-0.1, -0.05) is 12.1 Å². The van der Waals surface area contributed by atoms with Crippen molar-refractivity contribution in [1.29, 1.82) is 0 Å². The second-order valence-electron chi connectivity index (χ2n) is 4.67. The fraction of sp³-hybridized carbons (Fsp3) is 0.188. The third kappa shape index (κ3) is 3.13. The highest BCUT2D eigenvalue weighted by Gasteiger charge is 2.28. The normalized spacial score (nSPS) is 10.3. The van der Waals surface area contributed by atoms with Crippen molar-refractivity contribution < 1.29 is 28.2 Å². The Kier molecular flexibility index (Phi) is 4.59. The van der Waals surface area contributed by atoms with E-state index in [0.717, 1.165) is 24.8 Å². The third-order valence-electron chi connectivity index (χ3n) is 3.08. The van der Waals surface area contributed by atoms with Crippen LogP contribution < -0.4 is 4.74 Å². The molecule has 0 saturated heterocycles. The van der Waals surface area contributed by atoms with Gasteiger partial charge in [0.15, 0.2) is 5.75 Å². The monoisotopic (exact) mass is 319 g/mol. The molecule has 0 aliphatic heterocycles. The van der Waals surface area contributed by atoms with Crippen LogP contribution in [0, 0.1) is 5.82 Å². The van der Waals surface area contributed by atoms with Crippen LogP contribution >= 0.6 is 0 Å². The minimum atomic E-state index is -0.807. The lowest BCUT2D eigenvalue weighted by molar-refractivity contribution is -0.131. The summed E-state index contributed by atoms with van der Waals surface area (Å²) in [7, 11) is 1.15. The Morgan fingerprint density at radius 1 is 1.13 bits per heavy atom. The van der Waals surface area contributed by atoms with Gasteiger partial charge in [0.2, 0.25) is 5.91 Å². The molecule has 2 rings (SSSR count). The van der Waals surface area contributed by atoms with Crippen LogP contribution in [0.4, 0.5) is 4.39 Å². The van der Waals surface area contributed by atoms with Crippen LogP contribution in [-0.2, 0) is 9.53 Å². The summed E-state index contributed by atoms with van der Waals surface area (Å²) in [6.07, 6.45) is 1.16. The van der Waals surface area contributed by atoms with Crippen LogP contribution in [0.1, 0.15) is 29.0 Å². The van der Waals surface area contributed by atoms with E-state index in [1.807, 2.05) is 0 Å². The van der Waals surface area contributed by atoms with E-state index in [-0.39, 0.29) is 22.6 Å². The summed E-state index contributed by atoms with van der Waals surface area (Å²) in [5.74, 6) is -2.85. The molecule has 120 valence electrons. The van der Waals surface area contributed by atoms with E-state index in [2.05, 4.69) is 4.74 Å². The van der Waals surface area contributed by atoms with E-state index >= 15 is 0 Å². The number of hydrogen-bond donors (Lipinski definition) is 0. The Labute approximate surface area is 131 Å². The van der Waals surface area contributed by atoms with Crippen molar-refractivity contribution in [3.05, 3.63) is 41.8 Å².